The van der Waals surface area contributed by atoms with E-state index in [1.54, 1.807) is 18.3 Å². The highest BCUT2D eigenvalue weighted by Gasteiger charge is 2.34. The maximum absolute atomic E-state index is 12.5. The summed E-state index contributed by atoms with van der Waals surface area (Å²) in [4.78, 5) is 16.5. The lowest BCUT2D eigenvalue weighted by Gasteiger charge is -2.33. The van der Waals surface area contributed by atoms with Crippen LogP contribution in [0.4, 0.5) is 5.69 Å². The zero-order valence-electron chi connectivity index (χ0n) is 13.5. The molecule has 0 saturated carbocycles. The molecule has 1 atom stereocenters. The molecule has 3 rings (SSSR count). The lowest BCUT2D eigenvalue weighted by atomic mass is 9.71. The van der Waals surface area contributed by atoms with Gasteiger partial charge in [-0.05, 0) is 36.3 Å². The molecular weight excluding hydrogens is 314 g/mol. The molecule has 5 nitrogen and oxygen atoms in total. The summed E-state index contributed by atoms with van der Waals surface area (Å²) in [5.74, 6) is 1.02. The molecule has 1 amide bonds. The first-order valence-corrected chi connectivity index (χ1v) is 8.13. The van der Waals surface area contributed by atoms with Gasteiger partial charge in [0.25, 0.3) is 5.91 Å². The minimum absolute atomic E-state index is 0.190. The van der Waals surface area contributed by atoms with E-state index in [-0.39, 0.29) is 16.5 Å². The Bertz CT molecular complexity index is 734. The number of pyridine rings is 1. The monoisotopic (exact) mass is 333 g/mol. The summed E-state index contributed by atoms with van der Waals surface area (Å²) in [5.41, 5.74) is 1.94. The number of carbonyl (C=O) groups is 1. The van der Waals surface area contributed by atoms with Crippen LogP contribution >= 0.6 is 11.6 Å². The molecular formula is C17H20ClN3O2. The topological polar surface area (TPSA) is 68.0 Å². The van der Waals surface area contributed by atoms with E-state index in [9.17, 15) is 4.79 Å². The Morgan fingerprint density at radius 1 is 1.43 bits per heavy atom. The highest BCUT2D eigenvalue weighted by Crippen LogP contribution is 2.38. The zero-order chi connectivity index (χ0) is 16.6. The molecule has 0 saturated heterocycles. The van der Waals surface area contributed by atoms with Crippen LogP contribution in [0.3, 0.4) is 0 Å². The second-order valence-corrected chi connectivity index (χ2v) is 7.39. The minimum Gasteiger partial charge on any atom is -0.360 e. The van der Waals surface area contributed by atoms with Gasteiger partial charge in [0.15, 0.2) is 10.8 Å². The van der Waals surface area contributed by atoms with Gasteiger partial charge in [0.05, 0.1) is 5.69 Å². The molecule has 1 aliphatic rings. The van der Waals surface area contributed by atoms with Crippen molar-refractivity contribution in [3.63, 3.8) is 0 Å². The summed E-state index contributed by atoms with van der Waals surface area (Å²) in [6, 6.07) is 3.42. The van der Waals surface area contributed by atoms with Crippen molar-refractivity contribution in [2.24, 2.45) is 11.3 Å². The third-order valence-electron chi connectivity index (χ3n) is 4.49. The molecule has 1 aliphatic carbocycles. The van der Waals surface area contributed by atoms with E-state index in [4.69, 9.17) is 16.1 Å². The Balaban J connectivity index is 1.84. The average molecular weight is 334 g/mol. The molecule has 2 heterocycles. The van der Waals surface area contributed by atoms with E-state index in [2.05, 4.69) is 36.2 Å². The molecule has 2 aromatic heterocycles. The standard InChI is InChI=1S/C17H20ClN3O2/c1-17(2,3)10-6-7-13-11(9-10)14(21-23-13)16(22)20-12-5-4-8-19-15(12)18/h4-5,8,10H,6-7,9H2,1-3H3,(H,20,22)/t10-/m0/s1. The average Bonchev–Trinajstić information content (AvgIpc) is 2.91. The van der Waals surface area contributed by atoms with Crippen molar-refractivity contribution >= 4 is 23.2 Å². The number of nitrogens with zero attached hydrogens (tertiary/aromatic N) is 2. The Hall–Kier alpha value is -1.88. The van der Waals surface area contributed by atoms with Gasteiger partial charge < -0.3 is 9.84 Å². The first-order valence-electron chi connectivity index (χ1n) is 7.75. The van der Waals surface area contributed by atoms with Gasteiger partial charge >= 0.3 is 0 Å². The van der Waals surface area contributed by atoms with Gasteiger partial charge in [0, 0.05) is 18.2 Å². The van der Waals surface area contributed by atoms with Crippen molar-refractivity contribution in [2.75, 3.05) is 5.32 Å². The predicted octanol–water partition coefficient (Wildman–Crippen LogP) is 4.13. The van der Waals surface area contributed by atoms with Gasteiger partial charge in [0.1, 0.15) is 5.76 Å². The lowest BCUT2D eigenvalue weighted by Crippen LogP contribution is -2.27. The summed E-state index contributed by atoms with van der Waals surface area (Å²) >= 11 is 5.99. The highest BCUT2D eigenvalue weighted by molar-refractivity contribution is 6.32. The normalized spacial score (nSPS) is 17.7. The molecule has 6 heteroatoms. The van der Waals surface area contributed by atoms with E-state index in [1.807, 2.05) is 0 Å². The third-order valence-corrected chi connectivity index (χ3v) is 4.79. The number of fused-ring (bicyclic) bond motifs is 1. The largest absolute Gasteiger partial charge is 0.360 e. The number of aromatic nitrogens is 2. The van der Waals surface area contributed by atoms with Crippen molar-refractivity contribution in [3.05, 3.63) is 40.5 Å². The lowest BCUT2D eigenvalue weighted by molar-refractivity contribution is 0.101. The SMILES string of the molecule is CC(C)(C)[C@H]1CCc2onc(C(=O)Nc3cccnc3Cl)c2C1. The molecule has 0 bridgehead atoms. The number of hydrogen-bond donors (Lipinski definition) is 1. The zero-order valence-corrected chi connectivity index (χ0v) is 14.3. The first-order chi connectivity index (χ1) is 10.9. The van der Waals surface area contributed by atoms with Crippen LogP contribution in [0.2, 0.25) is 5.15 Å². The number of aryl methyl sites for hydroxylation is 1. The second-order valence-electron chi connectivity index (χ2n) is 7.03. The molecule has 0 fully saturated rings. The van der Waals surface area contributed by atoms with Crippen molar-refractivity contribution in [1.82, 2.24) is 10.1 Å². The Morgan fingerprint density at radius 3 is 2.91 bits per heavy atom. The van der Waals surface area contributed by atoms with Crippen LogP contribution in [-0.4, -0.2) is 16.0 Å². The van der Waals surface area contributed by atoms with Crippen LogP contribution in [0, 0.1) is 11.3 Å². The molecule has 23 heavy (non-hydrogen) atoms. The minimum atomic E-state index is -0.306. The number of amides is 1. The van der Waals surface area contributed by atoms with Crippen LogP contribution in [0.5, 0.6) is 0 Å². The summed E-state index contributed by atoms with van der Waals surface area (Å²) in [6.07, 6.45) is 4.27. The molecule has 2 aromatic rings. The summed E-state index contributed by atoms with van der Waals surface area (Å²) in [7, 11) is 0. The van der Waals surface area contributed by atoms with E-state index < -0.39 is 0 Å². The number of hydrogen-bond acceptors (Lipinski definition) is 4. The van der Waals surface area contributed by atoms with Crippen LogP contribution in [0.1, 0.15) is 49.0 Å². The quantitative estimate of drug-likeness (QED) is 0.839. The van der Waals surface area contributed by atoms with Gasteiger partial charge in [0.2, 0.25) is 0 Å². The van der Waals surface area contributed by atoms with Gasteiger partial charge in [-0.2, -0.15) is 0 Å². The molecule has 122 valence electrons. The second kappa shape index (κ2) is 5.96. The Morgan fingerprint density at radius 2 is 2.22 bits per heavy atom. The van der Waals surface area contributed by atoms with Crippen molar-refractivity contribution in [3.8, 4) is 0 Å². The number of anilines is 1. The summed E-state index contributed by atoms with van der Waals surface area (Å²) in [6.45, 7) is 6.68. The number of halogens is 1. The molecule has 0 aliphatic heterocycles. The van der Waals surface area contributed by atoms with Crippen LogP contribution in [0.15, 0.2) is 22.9 Å². The van der Waals surface area contributed by atoms with Crippen LogP contribution < -0.4 is 5.32 Å². The molecule has 0 spiro atoms. The number of carbonyl (C=O) groups excluding carboxylic acids is 1. The van der Waals surface area contributed by atoms with Gasteiger partial charge in [-0.1, -0.05) is 37.5 Å². The third kappa shape index (κ3) is 3.24. The number of rotatable bonds is 2. The number of nitrogens with one attached hydrogen (secondary N) is 1. The first kappa shape index (κ1) is 16.0. The van der Waals surface area contributed by atoms with Crippen LogP contribution in [0.25, 0.3) is 0 Å². The molecule has 1 N–H and O–H groups in total. The summed E-state index contributed by atoms with van der Waals surface area (Å²) in [5, 5.41) is 7.01. The fourth-order valence-electron chi connectivity index (χ4n) is 2.98. The fourth-order valence-corrected chi connectivity index (χ4v) is 3.15. The van der Waals surface area contributed by atoms with Crippen molar-refractivity contribution < 1.29 is 9.32 Å². The van der Waals surface area contributed by atoms with Crippen molar-refractivity contribution in [2.45, 2.75) is 40.0 Å². The van der Waals surface area contributed by atoms with Crippen molar-refractivity contribution in [1.29, 1.82) is 0 Å². The Labute approximate surface area is 140 Å². The molecule has 0 radical (unpaired) electrons. The predicted molar refractivity (Wildman–Crippen MR) is 88.7 cm³/mol. The summed E-state index contributed by atoms with van der Waals surface area (Å²) < 4.78 is 5.38. The van der Waals surface area contributed by atoms with Gasteiger partial charge in [-0.25, -0.2) is 4.98 Å². The maximum Gasteiger partial charge on any atom is 0.278 e. The van der Waals surface area contributed by atoms with E-state index in [1.165, 1.54) is 0 Å². The van der Waals surface area contributed by atoms with E-state index in [0.29, 0.717) is 17.3 Å². The maximum atomic E-state index is 12.5. The van der Waals surface area contributed by atoms with E-state index >= 15 is 0 Å². The van der Waals surface area contributed by atoms with Gasteiger partial charge in [-0.3, -0.25) is 4.79 Å². The molecule has 0 unspecified atom stereocenters. The van der Waals surface area contributed by atoms with E-state index in [0.717, 1.165) is 30.6 Å². The smallest absolute Gasteiger partial charge is 0.278 e. The molecule has 0 aromatic carbocycles. The Kier molecular flexibility index (Phi) is 4.15. The highest BCUT2D eigenvalue weighted by atomic mass is 35.5. The van der Waals surface area contributed by atoms with Crippen LogP contribution in [-0.2, 0) is 12.8 Å². The fraction of sp³-hybridized carbons (Fsp3) is 0.471. The van der Waals surface area contributed by atoms with Gasteiger partial charge in [-0.15, -0.1) is 0 Å².